The monoisotopic (exact) mass is 213 g/mol. The van der Waals surface area contributed by atoms with Crippen LogP contribution in [0.4, 0.5) is 0 Å². The molecule has 1 atom stereocenters. The number of nitrogens with zero attached hydrogens (tertiary/aromatic N) is 1. The lowest BCUT2D eigenvalue weighted by atomic mass is 10.2. The molecule has 1 unspecified atom stereocenters. The Morgan fingerprint density at radius 2 is 2.27 bits per heavy atom. The van der Waals surface area contributed by atoms with Crippen LogP contribution < -0.4 is 10.6 Å². The van der Waals surface area contributed by atoms with E-state index < -0.39 is 0 Å². The van der Waals surface area contributed by atoms with Crippen molar-refractivity contribution in [1.29, 1.82) is 0 Å². The summed E-state index contributed by atoms with van der Waals surface area (Å²) in [5.74, 6) is 0.0701. The van der Waals surface area contributed by atoms with Crippen molar-refractivity contribution in [3.63, 3.8) is 0 Å². The minimum Gasteiger partial charge on any atom is -0.350 e. The first kappa shape index (κ1) is 12.0. The molecule has 0 bridgehead atoms. The van der Waals surface area contributed by atoms with Gasteiger partial charge in [-0.15, -0.1) is 0 Å². The van der Waals surface area contributed by atoms with Gasteiger partial charge in [-0.2, -0.15) is 0 Å². The third kappa shape index (κ3) is 3.20. The predicted octanol–water partition coefficient (Wildman–Crippen LogP) is -0.669. The molecule has 5 nitrogen and oxygen atoms in total. The lowest BCUT2D eigenvalue weighted by molar-refractivity contribution is -0.129. The number of hydrogen-bond acceptors (Lipinski definition) is 3. The second-order valence-electron chi connectivity index (χ2n) is 4.14. The van der Waals surface area contributed by atoms with Crippen LogP contribution in [0, 0.1) is 0 Å². The number of carbonyl (C=O) groups is 2. The van der Waals surface area contributed by atoms with Gasteiger partial charge in [0.1, 0.15) is 0 Å². The van der Waals surface area contributed by atoms with Crippen LogP contribution in [0.1, 0.15) is 20.3 Å². The van der Waals surface area contributed by atoms with Crippen molar-refractivity contribution in [1.82, 2.24) is 15.5 Å². The van der Waals surface area contributed by atoms with Crippen molar-refractivity contribution >= 4 is 11.8 Å². The molecule has 1 rings (SSSR count). The summed E-state index contributed by atoms with van der Waals surface area (Å²) >= 11 is 0. The molecule has 5 heteroatoms. The maximum Gasteiger partial charge on any atom is 0.234 e. The fourth-order valence-electron chi connectivity index (χ4n) is 1.77. The summed E-state index contributed by atoms with van der Waals surface area (Å²) in [5, 5.41) is 5.61. The zero-order chi connectivity index (χ0) is 11.4. The van der Waals surface area contributed by atoms with Gasteiger partial charge in [-0.25, -0.2) is 0 Å². The minimum absolute atomic E-state index is 0.0271. The lowest BCUT2D eigenvalue weighted by Gasteiger charge is -2.21. The van der Waals surface area contributed by atoms with Crippen LogP contribution in [0.25, 0.3) is 0 Å². The molecule has 1 saturated heterocycles. The highest BCUT2D eigenvalue weighted by Crippen LogP contribution is 2.13. The molecule has 0 aromatic rings. The summed E-state index contributed by atoms with van der Waals surface area (Å²) in [6.07, 6.45) is 0.424. The Labute approximate surface area is 90.2 Å². The molecule has 1 aliphatic heterocycles. The molecule has 2 N–H and O–H groups in total. The van der Waals surface area contributed by atoms with Gasteiger partial charge in [0, 0.05) is 19.0 Å². The predicted molar refractivity (Wildman–Crippen MR) is 57.3 cm³/mol. The average Bonchev–Trinajstić information content (AvgIpc) is 2.47. The van der Waals surface area contributed by atoms with Crippen molar-refractivity contribution in [3.05, 3.63) is 0 Å². The first-order valence-corrected chi connectivity index (χ1v) is 5.28. The van der Waals surface area contributed by atoms with Gasteiger partial charge in [0.05, 0.1) is 12.6 Å². The number of nitrogens with one attached hydrogen (secondary N) is 2. The van der Waals surface area contributed by atoms with Crippen molar-refractivity contribution in [2.75, 3.05) is 20.1 Å². The standard InChI is InChI=1S/C10H19N3O2/c1-7(2)13-6-8(4-10(13)15)12-9(14)5-11-3/h7-8,11H,4-6H2,1-3H3,(H,12,14). The van der Waals surface area contributed by atoms with Crippen molar-refractivity contribution in [3.8, 4) is 0 Å². The van der Waals surface area contributed by atoms with Gasteiger partial charge in [0.25, 0.3) is 0 Å². The smallest absolute Gasteiger partial charge is 0.234 e. The Hall–Kier alpha value is -1.10. The maximum atomic E-state index is 11.5. The summed E-state index contributed by atoms with van der Waals surface area (Å²) in [6, 6.07) is 0.185. The van der Waals surface area contributed by atoms with E-state index in [4.69, 9.17) is 0 Å². The number of carbonyl (C=O) groups excluding carboxylic acids is 2. The molecule has 1 aliphatic rings. The van der Waals surface area contributed by atoms with E-state index >= 15 is 0 Å². The van der Waals surface area contributed by atoms with Crippen LogP contribution in [-0.2, 0) is 9.59 Å². The van der Waals surface area contributed by atoms with Crippen LogP contribution in [0.2, 0.25) is 0 Å². The third-order valence-electron chi connectivity index (χ3n) is 2.48. The summed E-state index contributed by atoms with van der Waals surface area (Å²) < 4.78 is 0. The van der Waals surface area contributed by atoms with Gasteiger partial charge in [-0.3, -0.25) is 9.59 Å². The quantitative estimate of drug-likeness (QED) is 0.651. The van der Waals surface area contributed by atoms with Crippen molar-refractivity contribution in [2.45, 2.75) is 32.4 Å². The molecule has 0 aromatic carbocycles. The average molecular weight is 213 g/mol. The summed E-state index contributed by atoms with van der Waals surface area (Å²) in [6.45, 7) is 4.89. The second kappa shape index (κ2) is 5.11. The van der Waals surface area contributed by atoms with Gasteiger partial charge >= 0.3 is 0 Å². The van der Waals surface area contributed by atoms with E-state index in [0.29, 0.717) is 19.5 Å². The number of amides is 2. The summed E-state index contributed by atoms with van der Waals surface area (Å²) in [7, 11) is 1.72. The van der Waals surface area contributed by atoms with E-state index in [-0.39, 0.29) is 23.9 Å². The fourth-order valence-corrected chi connectivity index (χ4v) is 1.77. The summed E-state index contributed by atoms with van der Waals surface area (Å²) in [4.78, 5) is 24.6. The lowest BCUT2D eigenvalue weighted by Crippen LogP contribution is -2.41. The molecular weight excluding hydrogens is 194 g/mol. The molecule has 1 heterocycles. The Kier molecular flexibility index (Phi) is 4.08. The fraction of sp³-hybridized carbons (Fsp3) is 0.800. The Morgan fingerprint density at radius 3 is 2.73 bits per heavy atom. The van der Waals surface area contributed by atoms with Crippen molar-refractivity contribution < 1.29 is 9.59 Å². The SMILES string of the molecule is CNCC(=O)NC1CC(=O)N(C(C)C)C1. The molecule has 0 aliphatic carbocycles. The van der Waals surface area contributed by atoms with Gasteiger partial charge < -0.3 is 15.5 Å². The van der Waals surface area contributed by atoms with E-state index in [2.05, 4.69) is 10.6 Å². The topological polar surface area (TPSA) is 61.4 Å². The van der Waals surface area contributed by atoms with Crippen LogP contribution >= 0.6 is 0 Å². The van der Waals surface area contributed by atoms with Gasteiger partial charge in [0.15, 0.2) is 0 Å². The number of hydrogen-bond donors (Lipinski definition) is 2. The Balaban J connectivity index is 2.41. The van der Waals surface area contributed by atoms with E-state index in [9.17, 15) is 9.59 Å². The normalized spacial score (nSPS) is 21.2. The number of likely N-dealkylation sites (tertiary alicyclic amines) is 1. The van der Waals surface area contributed by atoms with Gasteiger partial charge in [-0.05, 0) is 20.9 Å². The molecule has 0 radical (unpaired) electrons. The van der Waals surface area contributed by atoms with Crippen LogP contribution in [-0.4, -0.2) is 48.9 Å². The minimum atomic E-state index is -0.0547. The molecule has 1 fully saturated rings. The summed E-state index contributed by atoms with van der Waals surface area (Å²) in [5.41, 5.74) is 0. The van der Waals surface area contributed by atoms with Crippen LogP contribution in [0.15, 0.2) is 0 Å². The maximum absolute atomic E-state index is 11.5. The molecule has 0 aromatic heterocycles. The molecule has 0 saturated carbocycles. The molecule has 86 valence electrons. The number of likely N-dealkylation sites (N-methyl/N-ethyl adjacent to an activating group) is 1. The van der Waals surface area contributed by atoms with E-state index in [1.54, 1.807) is 11.9 Å². The molecule has 15 heavy (non-hydrogen) atoms. The van der Waals surface area contributed by atoms with Gasteiger partial charge in [0.2, 0.25) is 11.8 Å². The molecular formula is C10H19N3O2. The van der Waals surface area contributed by atoms with Crippen LogP contribution in [0.5, 0.6) is 0 Å². The Morgan fingerprint density at radius 1 is 1.60 bits per heavy atom. The highest BCUT2D eigenvalue weighted by molar-refractivity contribution is 5.83. The first-order valence-electron chi connectivity index (χ1n) is 5.28. The first-order chi connectivity index (χ1) is 7.04. The molecule has 0 spiro atoms. The third-order valence-corrected chi connectivity index (χ3v) is 2.48. The van der Waals surface area contributed by atoms with Crippen LogP contribution in [0.3, 0.4) is 0 Å². The highest BCUT2D eigenvalue weighted by Gasteiger charge is 2.31. The van der Waals surface area contributed by atoms with E-state index in [1.807, 2.05) is 13.8 Å². The van der Waals surface area contributed by atoms with E-state index in [1.165, 1.54) is 0 Å². The Bertz CT molecular complexity index is 253. The second-order valence-corrected chi connectivity index (χ2v) is 4.14. The zero-order valence-electron chi connectivity index (χ0n) is 9.54. The molecule has 2 amide bonds. The van der Waals surface area contributed by atoms with E-state index in [0.717, 1.165) is 0 Å². The largest absolute Gasteiger partial charge is 0.350 e. The van der Waals surface area contributed by atoms with Crippen molar-refractivity contribution in [2.24, 2.45) is 0 Å². The highest BCUT2D eigenvalue weighted by atomic mass is 16.2. The van der Waals surface area contributed by atoms with Gasteiger partial charge in [-0.1, -0.05) is 0 Å². The number of rotatable bonds is 4. The zero-order valence-corrected chi connectivity index (χ0v) is 9.54.